The van der Waals surface area contributed by atoms with E-state index in [1.165, 1.54) is 5.56 Å². The third-order valence-corrected chi connectivity index (χ3v) is 10.3. The van der Waals surface area contributed by atoms with Crippen molar-refractivity contribution in [3.05, 3.63) is 77.3 Å². The molecule has 1 saturated carbocycles. The largest absolute Gasteiger partial charge is 0.359 e. The lowest BCUT2D eigenvalue weighted by molar-refractivity contribution is -0.141. The predicted molar refractivity (Wildman–Crippen MR) is 166 cm³/mol. The van der Waals surface area contributed by atoms with Crippen molar-refractivity contribution in [2.24, 2.45) is 23.7 Å². The number of hydrogen-bond donors (Lipinski definition) is 2. The highest BCUT2D eigenvalue weighted by molar-refractivity contribution is 6.30. The van der Waals surface area contributed by atoms with Crippen LogP contribution in [0.5, 0.6) is 0 Å². The van der Waals surface area contributed by atoms with Crippen LogP contribution in [0.25, 0.3) is 0 Å². The third kappa shape index (κ3) is 5.61. The molecule has 8 nitrogen and oxygen atoms in total. The Balaban J connectivity index is 1.26. The summed E-state index contributed by atoms with van der Waals surface area (Å²) in [6.45, 7) is 6.07. The molecule has 2 aromatic carbocycles. The van der Waals surface area contributed by atoms with Gasteiger partial charge in [-0.3, -0.25) is 14.4 Å². The average molecular weight is 605 g/mol. The van der Waals surface area contributed by atoms with Crippen molar-refractivity contribution in [2.75, 3.05) is 25.5 Å². The Morgan fingerprint density at radius 3 is 2.56 bits per heavy atom. The van der Waals surface area contributed by atoms with Crippen molar-refractivity contribution in [3.8, 4) is 0 Å². The van der Waals surface area contributed by atoms with Gasteiger partial charge in [0.2, 0.25) is 17.7 Å². The zero-order valence-electron chi connectivity index (χ0n) is 25.0. The Labute approximate surface area is 258 Å². The fourth-order valence-corrected chi connectivity index (χ4v) is 7.69. The minimum atomic E-state index is -1.19. The van der Waals surface area contributed by atoms with Crippen LogP contribution in [0.2, 0.25) is 5.02 Å². The number of halogens is 1. The van der Waals surface area contributed by atoms with Crippen LogP contribution in [-0.2, 0) is 25.7 Å². The number of likely N-dealkylation sites (N-methyl/N-ethyl adjacent to an activating group) is 1. The number of ether oxygens (including phenoxy) is 1. The van der Waals surface area contributed by atoms with Gasteiger partial charge in [-0.15, -0.1) is 0 Å². The molecule has 0 aromatic heterocycles. The summed E-state index contributed by atoms with van der Waals surface area (Å²) < 4.78 is 6.52. The summed E-state index contributed by atoms with van der Waals surface area (Å²) >= 11 is 6.03. The smallest absolute Gasteiger partial charge is 0.246 e. The lowest BCUT2D eigenvalue weighted by Crippen LogP contribution is -2.58. The van der Waals surface area contributed by atoms with Gasteiger partial charge in [0.25, 0.3) is 0 Å². The molecule has 1 aliphatic carbocycles. The first kappa shape index (κ1) is 29.9. The van der Waals surface area contributed by atoms with Gasteiger partial charge in [0.15, 0.2) is 0 Å². The van der Waals surface area contributed by atoms with Gasteiger partial charge >= 0.3 is 0 Å². The summed E-state index contributed by atoms with van der Waals surface area (Å²) in [5, 5.41) is 6.84. The first-order valence-corrected chi connectivity index (χ1v) is 15.8. The van der Waals surface area contributed by atoms with Gasteiger partial charge in [-0.25, -0.2) is 0 Å². The Hall–Kier alpha value is -3.20. The van der Waals surface area contributed by atoms with Gasteiger partial charge in [0, 0.05) is 36.4 Å². The number of amides is 3. The Kier molecular flexibility index (Phi) is 8.37. The molecular formula is C34H41ClN4O4. The average Bonchev–Trinajstić information content (AvgIpc) is 3.63. The molecule has 2 bridgehead atoms. The summed E-state index contributed by atoms with van der Waals surface area (Å²) in [5.41, 5.74) is 0.580. The van der Waals surface area contributed by atoms with Crippen LogP contribution in [0, 0.1) is 23.7 Å². The molecule has 3 heterocycles. The van der Waals surface area contributed by atoms with Crippen LogP contribution in [0.1, 0.15) is 38.7 Å². The Bertz CT molecular complexity index is 1380. The molecule has 43 heavy (non-hydrogen) atoms. The Morgan fingerprint density at radius 2 is 1.81 bits per heavy atom. The van der Waals surface area contributed by atoms with E-state index in [0.29, 0.717) is 35.6 Å². The predicted octanol–water partition coefficient (Wildman–Crippen LogP) is 4.50. The molecule has 1 spiro atoms. The van der Waals surface area contributed by atoms with Gasteiger partial charge < -0.3 is 25.2 Å². The van der Waals surface area contributed by atoms with E-state index in [-0.39, 0.29) is 23.8 Å². The van der Waals surface area contributed by atoms with Crippen LogP contribution < -0.4 is 10.6 Å². The van der Waals surface area contributed by atoms with Crippen LogP contribution in [-0.4, -0.2) is 71.4 Å². The fourth-order valence-electron chi connectivity index (χ4n) is 7.57. The number of nitrogens with one attached hydrogen (secondary N) is 2. The van der Waals surface area contributed by atoms with Crippen LogP contribution in [0.4, 0.5) is 5.69 Å². The van der Waals surface area contributed by atoms with Crippen molar-refractivity contribution in [1.29, 1.82) is 0 Å². The second-order valence-corrected chi connectivity index (χ2v) is 13.3. The minimum absolute atomic E-state index is 0.0380. The normalized spacial score (nSPS) is 32.7. The fraction of sp³-hybridized carbons (Fsp3) is 0.500. The number of anilines is 1. The summed E-state index contributed by atoms with van der Waals surface area (Å²) in [4.78, 5) is 46.0. The van der Waals surface area contributed by atoms with Gasteiger partial charge in [-0.2, -0.15) is 0 Å². The van der Waals surface area contributed by atoms with Gasteiger partial charge in [-0.05, 0) is 55.1 Å². The molecule has 0 radical (unpaired) electrons. The second-order valence-electron chi connectivity index (χ2n) is 12.8. The highest BCUT2D eigenvalue weighted by Gasteiger charge is 2.72. The van der Waals surface area contributed by atoms with E-state index >= 15 is 0 Å². The van der Waals surface area contributed by atoms with E-state index in [1.54, 1.807) is 29.2 Å². The first-order valence-electron chi connectivity index (χ1n) is 15.4. The van der Waals surface area contributed by atoms with Crippen molar-refractivity contribution in [2.45, 2.75) is 63.4 Å². The first-order chi connectivity index (χ1) is 20.7. The highest BCUT2D eigenvalue weighted by atomic mass is 35.5. The van der Waals surface area contributed by atoms with Crippen molar-refractivity contribution >= 4 is 35.0 Å². The number of carbonyl (C=O) groups excluding carboxylic acids is 3. The molecule has 228 valence electrons. The molecule has 3 aliphatic heterocycles. The molecule has 9 heteroatoms. The van der Waals surface area contributed by atoms with Gasteiger partial charge in [-0.1, -0.05) is 80.8 Å². The molecule has 2 saturated heterocycles. The zero-order chi connectivity index (χ0) is 30.3. The summed E-state index contributed by atoms with van der Waals surface area (Å²) in [6.07, 6.45) is 6.28. The molecule has 3 amide bonds. The van der Waals surface area contributed by atoms with Gasteiger partial charge in [0.1, 0.15) is 11.6 Å². The number of benzene rings is 2. The highest BCUT2D eigenvalue weighted by Crippen LogP contribution is 2.55. The maximum Gasteiger partial charge on any atom is 0.246 e. The van der Waals surface area contributed by atoms with E-state index in [2.05, 4.69) is 41.5 Å². The molecule has 2 aromatic rings. The molecule has 3 fully saturated rings. The maximum absolute atomic E-state index is 14.3. The third-order valence-electron chi connectivity index (χ3n) is 10.1. The maximum atomic E-state index is 14.3. The van der Waals surface area contributed by atoms with E-state index in [0.717, 1.165) is 25.8 Å². The zero-order valence-corrected chi connectivity index (χ0v) is 25.8. The molecule has 6 rings (SSSR count). The molecule has 2 N–H and O–H groups in total. The minimum Gasteiger partial charge on any atom is -0.359 e. The topological polar surface area (TPSA) is 91.0 Å². The van der Waals surface area contributed by atoms with E-state index in [4.69, 9.17) is 16.3 Å². The van der Waals surface area contributed by atoms with Crippen LogP contribution in [0.15, 0.2) is 66.7 Å². The number of rotatable bonds is 9. The monoisotopic (exact) mass is 604 g/mol. The van der Waals surface area contributed by atoms with Crippen molar-refractivity contribution in [3.63, 3.8) is 0 Å². The summed E-state index contributed by atoms with van der Waals surface area (Å²) in [7, 11) is 2.01. The number of nitrogens with zero attached hydrogens (tertiary/aromatic N) is 2. The number of fused-ring (bicyclic) bond motifs is 1. The van der Waals surface area contributed by atoms with Crippen molar-refractivity contribution < 1.29 is 19.1 Å². The molecular weight excluding hydrogens is 564 g/mol. The van der Waals surface area contributed by atoms with Crippen LogP contribution >= 0.6 is 11.6 Å². The number of carbonyl (C=O) groups is 3. The summed E-state index contributed by atoms with van der Waals surface area (Å²) in [6, 6.07) is 16.2. The van der Waals surface area contributed by atoms with E-state index in [1.807, 2.05) is 37.4 Å². The Morgan fingerprint density at radius 1 is 1.07 bits per heavy atom. The van der Waals surface area contributed by atoms with Crippen LogP contribution in [0.3, 0.4) is 0 Å². The standard InChI is InChI=1S/C34H41ClN4O4/c1-21-8-7-11-26(22(21)2)37-32(41)30-34-17-16-27(43-34)28(31(40)36-25-14-12-24(35)13-15-25)29(34)33(42)39(30)19-18-38(3)20-23-9-5-4-6-10-23/h4-6,9-10,12-17,21-22,26-30H,7-8,11,18-20H2,1-3H3,(H,36,40)(H,37,41)/t21-,22+,26+,27+,28-,29+,30+,34+/m1/s1. The van der Waals surface area contributed by atoms with E-state index in [9.17, 15) is 14.4 Å². The van der Waals surface area contributed by atoms with Gasteiger partial charge in [0.05, 0.1) is 17.9 Å². The number of likely N-dealkylation sites (tertiary alicyclic amines) is 1. The lowest BCUT2D eigenvalue weighted by Gasteiger charge is -2.38. The quantitative estimate of drug-likeness (QED) is 0.411. The SMILES string of the molecule is C[C@H]1[C@H](C)CCC[C@@H]1NC(=O)[C@@H]1N(CCN(C)Cc2ccccc2)C(=O)[C@@H]2[C@H](C(=O)Nc3ccc(Cl)cc3)[C@@H]3C=C[C@]21O3. The van der Waals surface area contributed by atoms with E-state index < -0.39 is 29.6 Å². The number of hydrogen-bond acceptors (Lipinski definition) is 5. The van der Waals surface area contributed by atoms with Crippen molar-refractivity contribution in [1.82, 2.24) is 15.1 Å². The molecule has 0 unspecified atom stereocenters. The lowest BCUT2D eigenvalue weighted by atomic mass is 9.73. The molecule has 4 aliphatic rings. The summed E-state index contributed by atoms with van der Waals surface area (Å²) in [5.74, 6) is -1.39. The second kappa shape index (κ2) is 12.1. The molecule has 8 atom stereocenters.